The second kappa shape index (κ2) is 9.05. The Hall–Kier alpha value is -1.80. The highest BCUT2D eigenvalue weighted by Crippen LogP contribution is 2.33. The number of aryl methyl sites for hydroxylation is 2. The van der Waals surface area contributed by atoms with Crippen molar-refractivity contribution in [1.82, 2.24) is 25.3 Å². The number of H-pyrrole nitrogens is 1. The molecule has 1 unspecified atom stereocenters. The lowest BCUT2D eigenvalue weighted by Gasteiger charge is -2.11. The minimum Gasteiger partial charge on any atom is -0.395 e. The molecular weight excluding hydrogens is 363 g/mol. The van der Waals surface area contributed by atoms with E-state index in [0.717, 1.165) is 16.8 Å². The summed E-state index contributed by atoms with van der Waals surface area (Å²) in [6, 6.07) is 5.73. The number of benzene rings is 1. The number of hydrogen-bond donors (Lipinski definition) is 4. The number of aromatic nitrogens is 4. The van der Waals surface area contributed by atoms with Crippen LogP contribution in [-0.2, 0) is 7.05 Å². The first-order valence-corrected chi connectivity index (χ1v) is 8.57. The van der Waals surface area contributed by atoms with Gasteiger partial charge in [0.1, 0.15) is 5.52 Å². The van der Waals surface area contributed by atoms with E-state index in [-0.39, 0.29) is 12.6 Å². The van der Waals surface area contributed by atoms with E-state index in [1.54, 1.807) is 10.7 Å². The highest BCUT2D eigenvalue weighted by atomic mass is 35.5. The maximum Gasteiger partial charge on any atom is 0.113 e. The van der Waals surface area contributed by atoms with Crippen LogP contribution in [0.25, 0.3) is 10.9 Å². The average molecular weight is 385 g/mol. The Labute approximate surface area is 156 Å². The first kappa shape index (κ1) is 19.5. The number of halogens is 2. The van der Waals surface area contributed by atoms with E-state index in [1.165, 1.54) is 0 Å². The Morgan fingerprint density at radius 3 is 2.64 bits per heavy atom. The first-order chi connectivity index (χ1) is 12.0. The van der Waals surface area contributed by atoms with Gasteiger partial charge in [-0.3, -0.25) is 14.6 Å². The molecule has 1 atom stereocenters. The van der Waals surface area contributed by atoms with Gasteiger partial charge in [0.15, 0.2) is 0 Å². The quantitative estimate of drug-likeness (QED) is 0.507. The van der Waals surface area contributed by atoms with Crippen LogP contribution in [0.3, 0.4) is 0 Å². The van der Waals surface area contributed by atoms with Crippen molar-refractivity contribution in [3.05, 3.63) is 40.8 Å². The Balaban J connectivity index is 0.000000269. The predicted molar refractivity (Wildman–Crippen MR) is 102 cm³/mol. The summed E-state index contributed by atoms with van der Waals surface area (Å²) in [4.78, 5) is 2.50. The van der Waals surface area contributed by atoms with E-state index in [4.69, 9.17) is 28.5 Å². The van der Waals surface area contributed by atoms with Crippen LogP contribution >= 0.6 is 23.4 Å². The Morgan fingerprint density at radius 1 is 1.36 bits per heavy atom. The summed E-state index contributed by atoms with van der Waals surface area (Å²) in [6.07, 6.45) is 1.93. The van der Waals surface area contributed by atoms with Gasteiger partial charge in [-0.15, -0.1) is 0 Å². The topological polar surface area (TPSA) is 90.8 Å². The summed E-state index contributed by atoms with van der Waals surface area (Å²) >= 11 is 11.7. The fourth-order valence-electron chi connectivity index (χ4n) is 2.38. The molecule has 0 amide bonds. The molecule has 0 radical (unpaired) electrons. The average Bonchev–Trinajstić information content (AvgIpc) is 3.19. The van der Waals surface area contributed by atoms with Crippen LogP contribution in [-0.4, -0.2) is 38.2 Å². The minimum absolute atomic E-state index is 0.0491. The van der Waals surface area contributed by atoms with Gasteiger partial charge in [0.05, 0.1) is 28.7 Å². The molecule has 3 rings (SSSR count). The van der Waals surface area contributed by atoms with Gasteiger partial charge in [-0.25, -0.2) is 0 Å². The van der Waals surface area contributed by atoms with Gasteiger partial charge in [0, 0.05) is 43.0 Å². The van der Waals surface area contributed by atoms with Crippen molar-refractivity contribution in [1.29, 1.82) is 0 Å². The van der Waals surface area contributed by atoms with Gasteiger partial charge >= 0.3 is 0 Å². The zero-order valence-electron chi connectivity index (χ0n) is 14.3. The van der Waals surface area contributed by atoms with Crippen molar-refractivity contribution >= 4 is 40.0 Å². The van der Waals surface area contributed by atoms with Crippen LogP contribution in [0.15, 0.2) is 24.4 Å². The molecule has 0 bridgehead atoms. The molecule has 136 valence electrons. The van der Waals surface area contributed by atoms with Crippen LogP contribution in [0.1, 0.15) is 24.4 Å². The smallest absolute Gasteiger partial charge is 0.113 e. The fourth-order valence-corrected chi connectivity index (χ4v) is 2.85. The second-order valence-electron chi connectivity index (χ2n) is 5.59. The number of rotatable bonds is 5. The lowest BCUT2D eigenvalue weighted by atomic mass is 10.1. The van der Waals surface area contributed by atoms with E-state index in [0.29, 0.717) is 22.8 Å². The normalized spacial score (nSPS) is 11.9. The van der Waals surface area contributed by atoms with Gasteiger partial charge in [0.2, 0.25) is 0 Å². The third-order valence-electron chi connectivity index (χ3n) is 3.64. The molecule has 4 N–H and O–H groups in total. The minimum atomic E-state index is 0.0491. The Bertz CT molecular complexity index is 800. The molecule has 7 nitrogen and oxygen atoms in total. The monoisotopic (exact) mass is 384 g/mol. The maximum absolute atomic E-state index is 8.81. The first-order valence-electron chi connectivity index (χ1n) is 7.81. The second-order valence-corrected chi connectivity index (χ2v) is 6.15. The van der Waals surface area contributed by atoms with E-state index in [1.807, 2.05) is 39.2 Å². The number of anilines is 1. The largest absolute Gasteiger partial charge is 0.395 e. The molecule has 9 heteroatoms. The van der Waals surface area contributed by atoms with Crippen molar-refractivity contribution in [3.8, 4) is 0 Å². The van der Waals surface area contributed by atoms with E-state index < -0.39 is 0 Å². The van der Waals surface area contributed by atoms with E-state index in [9.17, 15) is 0 Å². The van der Waals surface area contributed by atoms with E-state index in [2.05, 4.69) is 25.4 Å². The lowest BCUT2D eigenvalue weighted by molar-refractivity contribution is 0.286. The maximum atomic E-state index is 8.81. The summed E-state index contributed by atoms with van der Waals surface area (Å²) in [6.45, 7) is 4.58. The molecule has 0 spiro atoms. The summed E-state index contributed by atoms with van der Waals surface area (Å²) in [5.41, 5.74) is 3.30. The number of nitrogens with zero attached hydrogens (tertiary/aromatic N) is 3. The highest BCUT2D eigenvalue weighted by Gasteiger charge is 2.15. The molecule has 0 fully saturated rings. The van der Waals surface area contributed by atoms with E-state index >= 15 is 0 Å². The van der Waals surface area contributed by atoms with Crippen LogP contribution in [0.4, 0.5) is 5.69 Å². The van der Waals surface area contributed by atoms with Gasteiger partial charge in [0.25, 0.3) is 0 Å². The Kier molecular flexibility index (Phi) is 7.07. The molecule has 1 aromatic carbocycles. The van der Waals surface area contributed by atoms with Crippen molar-refractivity contribution < 1.29 is 5.11 Å². The molecule has 25 heavy (non-hydrogen) atoms. The van der Waals surface area contributed by atoms with Crippen LogP contribution in [0.2, 0.25) is 5.02 Å². The molecule has 2 heterocycles. The predicted octanol–water partition coefficient (Wildman–Crippen LogP) is 3.15. The molecule has 0 saturated heterocycles. The lowest BCUT2D eigenvalue weighted by Crippen LogP contribution is -2.22. The van der Waals surface area contributed by atoms with Crippen molar-refractivity contribution in [3.63, 3.8) is 0 Å². The third-order valence-corrected chi connectivity index (χ3v) is 4.22. The Morgan fingerprint density at radius 2 is 2.12 bits per heavy atom. The third kappa shape index (κ3) is 4.85. The zero-order chi connectivity index (χ0) is 18.4. The standard InChI is InChI=1S/C11H14Cl2N4O.C5H8N2/c1-6(14-4-5-18)10-7-2-3-8(15-13)9(12)11(7)17-16-10;1-5-3-4-7(2)6-5/h2-3,6,14-15,18H,4-5H2,1H3,(H,16,17);3-4H,1-2H3. The zero-order valence-corrected chi connectivity index (χ0v) is 15.9. The number of fused-ring (bicyclic) bond motifs is 1. The molecule has 3 aromatic rings. The van der Waals surface area contributed by atoms with Crippen LogP contribution in [0.5, 0.6) is 0 Å². The molecule has 0 aliphatic heterocycles. The molecule has 2 aromatic heterocycles. The van der Waals surface area contributed by atoms with Gasteiger partial charge in [-0.05, 0) is 32.0 Å². The highest BCUT2D eigenvalue weighted by molar-refractivity contribution is 6.39. The summed E-state index contributed by atoms with van der Waals surface area (Å²) in [5.74, 6) is 0. The van der Waals surface area contributed by atoms with Gasteiger partial charge in [-0.2, -0.15) is 10.2 Å². The summed E-state index contributed by atoms with van der Waals surface area (Å²) in [5, 5.41) is 24.6. The molecule has 0 aliphatic carbocycles. The molecular formula is C16H22Cl2N6O. The molecule has 0 saturated carbocycles. The van der Waals surface area contributed by atoms with Gasteiger partial charge in [-0.1, -0.05) is 11.6 Å². The number of nitrogens with one attached hydrogen (secondary N) is 3. The summed E-state index contributed by atoms with van der Waals surface area (Å²) in [7, 11) is 1.91. The number of hydrogen-bond acceptors (Lipinski definition) is 5. The van der Waals surface area contributed by atoms with Crippen molar-refractivity contribution in [2.45, 2.75) is 19.9 Å². The van der Waals surface area contributed by atoms with Crippen molar-refractivity contribution in [2.24, 2.45) is 7.05 Å². The summed E-state index contributed by atoms with van der Waals surface area (Å²) < 4.78 is 1.79. The van der Waals surface area contributed by atoms with Crippen LogP contribution < -0.4 is 10.2 Å². The van der Waals surface area contributed by atoms with Crippen molar-refractivity contribution in [2.75, 3.05) is 18.0 Å². The fraction of sp³-hybridized carbons (Fsp3) is 0.375. The number of aliphatic hydroxyl groups excluding tert-OH is 1. The number of aromatic amines is 1. The molecule has 0 aliphatic rings. The SMILES string of the molecule is CC(NCCO)c1[nH]nc2c(Cl)c(NCl)ccc12.Cc1ccn(C)n1. The van der Waals surface area contributed by atoms with Crippen LogP contribution in [0, 0.1) is 6.92 Å². The van der Waals surface area contributed by atoms with Gasteiger partial charge < -0.3 is 10.4 Å². The number of aliphatic hydroxyl groups is 1.